The normalized spacial score (nSPS) is 17.1. The van der Waals surface area contributed by atoms with Crippen LogP contribution in [0.1, 0.15) is 11.1 Å². The fourth-order valence-electron chi connectivity index (χ4n) is 2.81. The van der Waals surface area contributed by atoms with Gasteiger partial charge in [0.25, 0.3) is 0 Å². The van der Waals surface area contributed by atoms with Gasteiger partial charge in [0.15, 0.2) is 0 Å². The molecule has 0 spiro atoms. The summed E-state index contributed by atoms with van der Waals surface area (Å²) in [5.41, 5.74) is 1.20. The molecule has 0 heterocycles. The van der Waals surface area contributed by atoms with Gasteiger partial charge in [0, 0.05) is 14.7 Å². The molecule has 0 aromatic heterocycles. The number of alkyl halides is 9. The van der Waals surface area contributed by atoms with E-state index >= 15 is 0 Å². The van der Waals surface area contributed by atoms with Crippen molar-refractivity contribution in [1.29, 1.82) is 0 Å². The number of benzene rings is 1. The molecule has 0 N–H and O–H groups in total. The summed E-state index contributed by atoms with van der Waals surface area (Å²) in [6.45, 7) is 7.96. The van der Waals surface area contributed by atoms with E-state index in [-0.39, 0.29) is 5.75 Å². The van der Waals surface area contributed by atoms with Crippen molar-refractivity contribution >= 4 is 15.7 Å². The Morgan fingerprint density at radius 3 is 1.69 bits per heavy atom. The molecule has 186 valence electrons. The summed E-state index contributed by atoms with van der Waals surface area (Å²) in [7, 11) is -7.54. The van der Waals surface area contributed by atoms with Crippen LogP contribution in [0.2, 0.25) is 25.7 Å². The average molecular weight is 518 g/mol. The van der Waals surface area contributed by atoms with E-state index in [4.69, 9.17) is 4.52 Å². The molecule has 0 radical (unpaired) electrons. The molecule has 1 aromatic carbocycles. The molecule has 0 aliphatic carbocycles. The second-order valence-corrected chi connectivity index (χ2v) is 16.3. The van der Waals surface area contributed by atoms with Gasteiger partial charge >= 0.3 is 31.5 Å². The quantitative estimate of drug-likeness (QED) is 0.191. The van der Waals surface area contributed by atoms with Crippen molar-refractivity contribution in [2.75, 3.05) is 6.66 Å². The Hall–Kier alpha value is -1.20. The Kier molecular flexibility index (Phi) is 7.99. The summed E-state index contributed by atoms with van der Waals surface area (Å²) >= 11 is 0. The van der Waals surface area contributed by atoms with E-state index < -0.39 is 51.8 Å². The zero-order valence-electron chi connectivity index (χ0n) is 18.1. The highest BCUT2D eigenvalue weighted by atomic mass is 31.2. The van der Waals surface area contributed by atoms with Crippen molar-refractivity contribution in [3.8, 4) is 5.75 Å². The fourth-order valence-corrected chi connectivity index (χ4v) is 5.60. The summed E-state index contributed by atoms with van der Waals surface area (Å²) in [4.78, 5) is 0. The molecule has 2 unspecified atom stereocenters. The predicted octanol–water partition coefficient (Wildman–Crippen LogP) is 7.70. The maximum Gasteiger partial charge on any atom is 0.460 e. The minimum absolute atomic E-state index is 0.143. The molecule has 3 nitrogen and oxygen atoms in total. The van der Waals surface area contributed by atoms with Crippen molar-refractivity contribution in [3.63, 3.8) is 0 Å². The Bertz CT molecular complexity index is 846. The summed E-state index contributed by atoms with van der Waals surface area (Å²) in [6, 6.07) is 3.32. The van der Waals surface area contributed by atoms with Gasteiger partial charge in [-0.3, -0.25) is 4.52 Å². The van der Waals surface area contributed by atoms with E-state index in [9.17, 15) is 44.1 Å². The van der Waals surface area contributed by atoms with Crippen LogP contribution in [-0.2, 0) is 9.09 Å². The summed E-state index contributed by atoms with van der Waals surface area (Å²) in [5, 5.41) is 0. The van der Waals surface area contributed by atoms with E-state index in [1.807, 2.05) is 0 Å². The third kappa shape index (κ3) is 6.44. The first-order valence-corrected chi connectivity index (χ1v) is 14.9. The van der Waals surface area contributed by atoms with E-state index in [1.54, 1.807) is 19.9 Å². The first-order chi connectivity index (χ1) is 13.9. The monoisotopic (exact) mass is 518 g/mol. The number of halogens is 9. The van der Waals surface area contributed by atoms with Gasteiger partial charge in [0.1, 0.15) is 11.9 Å². The third-order valence-corrected chi connectivity index (χ3v) is 6.93. The van der Waals surface area contributed by atoms with Gasteiger partial charge in [0.05, 0.1) is 0 Å². The van der Waals surface area contributed by atoms with E-state index in [0.717, 1.165) is 0 Å². The van der Waals surface area contributed by atoms with E-state index in [1.165, 1.54) is 31.8 Å². The first kappa shape index (κ1) is 28.8. The molecule has 0 bridgehead atoms. The summed E-state index contributed by atoms with van der Waals surface area (Å²) in [5.74, 6) is -20.1. The molecular weight excluding hydrogens is 494 g/mol. The second kappa shape index (κ2) is 8.86. The van der Waals surface area contributed by atoms with Crippen LogP contribution in [0.3, 0.4) is 0 Å². The molecular formula is C18H24F9O3PSi. The van der Waals surface area contributed by atoms with Crippen molar-refractivity contribution in [1.82, 2.24) is 0 Å². The molecule has 14 heteroatoms. The average Bonchev–Trinajstić information content (AvgIpc) is 2.49. The first-order valence-electron chi connectivity index (χ1n) is 9.17. The molecule has 0 amide bonds. The van der Waals surface area contributed by atoms with Crippen LogP contribution in [0, 0.1) is 13.8 Å². The molecule has 32 heavy (non-hydrogen) atoms. The van der Waals surface area contributed by atoms with Gasteiger partial charge in [-0.05, 0) is 43.2 Å². The minimum atomic E-state index is -7.07. The summed E-state index contributed by atoms with van der Waals surface area (Å²) in [6.07, 6.45) is -10.2. The maximum atomic E-state index is 14.6. The van der Waals surface area contributed by atoms with Gasteiger partial charge in [-0.15, -0.1) is 0 Å². The Morgan fingerprint density at radius 1 is 0.875 bits per heavy atom. The standard InChI is InChI=1S/C18H24F9O3PSi/c1-11-7-12(2)9-13(8-11)29-31(3,28)30-14(10-32(4,5)6)15(19,20)16(21,22)17(23,24)18(25,26)27/h7-9,14H,10H2,1-6H3. The highest BCUT2D eigenvalue weighted by Gasteiger charge is 2.83. The topological polar surface area (TPSA) is 35.5 Å². The second-order valence-electron chi connectivity index (χ2n) is 8.81. The van der Waals surface area contributed by atoms with Gasteiger partial charge in [-0.25, -0.2) is 4.57 Å². The smallest absolute Gasteiger partial charge is 0.425 e. The van der Waals surface area contributed by atoms with Crippen LogP contribution in [0.4, 0.5) is 39.5 Å². The van der Waals surface area contributed by atoms with E-state index in [0.29, 0.717) is 17.8 Å². The number of hydrogen-bond donors (Lipinski definition) is 0. The Balaban J connectivity index is 3.42. The van der Waals surface area contributed by atoms with Crippen LogP contribution < -0.4 is 4.52 Å². The van der Waals surface area contributed by atoms with Gasteiger partial charge in [0.2, 0.25) is 0 Å². The number of hydrogen-bond acceptors (Lipinski definition) is 3. The molecule has 0 fully saturated rings. The minimum Gasteiger partial charge on any atom is -0.425 e. The number of aryl methyl sites for hydroxylation is 2. The van der Waals surface area contributed by atoms with Crippen molar-refractivity contribution < 1.29 is 53.1 Å². The van der Waals surface area contributed by atoms with Crippen LogP contribution in [0.25, 0.3) is 0 Å². The zero-order chi connectivity index (χ0) is 25.6. The predicted molar refractivity (Wildman–Crippen MR) is 104 cm³/mol. The van der Waals surface area contributed by atoms with E-state index in [2.05, 4.69) is 4.52 Å². The van der Waals surface area contributed by atoms with Gasteiger partial charge in [-0.1, -0.05) is 25.7 Å². The highest BCUT2D eigenvalue weighted by Crippen LogP contribution is 2.58. The lowest BCUT2D eigenvalue weighted by molar-refractivity contribution is -0.403. The SMILES string of the molecule is Cc1cc(C)cc(OP(C)(=O)OC(C[Si](C)(C)C)C(F)(F)C(F)(F)C(F)(F)C(F)(F)F)c1. The largest absolute Gasteiger partial charge is 0.460 e. The fraction of sp³-hybridized carbons (Fsp3) is 0.667. The molecule has 0 saturated heterocycles. The lowest BCUT2D eigenvalue weighted by Crippen LogP contribution is -2.65. The lowest BCUT2D eigenvalue weighted by atomic mass is 10.00. The van der Waals surface area contributed by atoms with Crippen molar-refractivity contribution in [2.45, 2.75) is 69.6 Å². The summed E-state index contributed by atoms with van der Waals surface area (Å²) < 4.78 is 144. The molecule has 0 aliphatic heterocycles. The van der Waals surface area contributed by atoms with Crippen molar-refractivity contribution in [2.24, 2.45) is 0 Å². The molecule has 0 aliphatic rings. The third-order valence-electron chi connectivity index (χ3n) is 4.16. The number of rotatable bonds is 9. The highest BCUT2D eigenvalue weighted by molar-refractivity contribution is 7.53. The lowest BCUT2D eigenvalue weighted by Gasteiger charge is -2.39. The van der Waals surface area contributed by atoms with Crippen molar-refractivity contribution in [3.05, 3.63) is 29.3 Å². The van der Waals surface area contributed by atoms with Crippen LogP contribution >= 0.6 is 7.60 Å². The van der Waals surface area contributed by atoms with Crippen LogP contribution in [0.15, 0.2) is 18.2 Å². The van der Waals surface area contributed by atoms with Crippen LogP contribution in [-0.4, -0.2) is 44.8 Å². The Morgan fingerprint density at radius 2 is 1.31 bits per heavy atom. The van der Waals surface area contributed by atoms with Crippen LogP contribution in [0.5, 0.6) is 5.75 Å². The Labute approximate surface area is 180 Å². The molecule has 0 saturated carbocycles. The maximum absolute atomic E-state index is 14.6. The van der Waals surface area contributed by atoms with Gasteiger partial charge < -0.3 is 4.52 Å². The van der Waals surface area contributed by atoms with Gasteiger partial charge in [-0.2, -0.15) is 39.5 Å². The molecule has 2 atom stereocenters. The molecule has 1 rings (SSSR count). The molecule has 1 aromatic rings. The zero-order valence-corrected chi connectivity index (χ0v) is 20.0.